The van der Waals surface area contributed by atoms with Gasteiger partial charge < -0.3 is 9.47 Å². The maximum Gasteiger partial charge on any atom is 0.379 e. The zero-order valence-electron chi connectivity index (χ0n) is 8.85. The minimum absolute atomic E-state index is 0.120. The summed E-state index contributed by atoms with van der Waals surface area (Å²) in [6.07, 6.45) is 0.602. The zero-order valence-corrected chi connectivity index (χ0v) is 8.85. The monoisotopic (exact) mass is 222 g/mol. The number of ketones is 1. The van der Waals surface area contributed by atoms with E-state index in [1.807, 2.05) is 0 Å². The van der Waals surface area contributed by atoms with Gasteiger partial charge in [0.15, 0.2) is 6.29 Å². The van der Waals surface area contributed by atoms with Gasteiger partial charge in [-0.2, -0.15) is 0 Å². The second-order valence-electron chi connectivity index (χ2n) is 2.90. The summed E-state index contributed by atoms with van der Waals surface area (Å²) >= 11 is 0. The number of benzene rings is 1. The van der Waals surface area contributed by atoms with Crippen LogP contribution in [0.25, 0.3) is 0 Å². The molecule has 1 aromatic carbocycles. The fourth-order valence-electron chi connectivity index (χ4n) is 1.16. The lowest BCUT2D eigenvalue weighted by Gasteiger charge is -2.05. The van der Waals surface area contributed by atoms with Gasteiger partial charge in [0.2, 0.25) is 0 Å². The number of esters is 1. The first-order valence-corrected chi connectivity index (χ1v) is 4.40. The van der Waals surface area contributed by atoms with Gasteiger partial charge in [-0.1, -0.05) is 0 Å². The molecule has 0 radical (unpaired) electrons. The standard InChI is InChI=1S/C11H10O5/c1-15-9-5-7(3-4-8(9)6-12)10(13)11(14)16-2/h3-6H,1-2H3. The van der Waals surface area contributed by atoms with E-state index in [1.165, 1.54) is 25.3 Å². The normalized spacial score (nSPS) is 9.38. The summed E-state index contributed by atoms with van der Waals surface area (Å²) in [7, 11) is 2.49. The van der Waals surface area contributed by atoms with Crippen LogP contribution in [0.2, 0.25) is 0 Å². The molecule has 0 saturated heterocycles. The summed E-state index contributed by atoms with van der Waals surface area (Å²) in [5.74, 6) is -1.50. The van der Waals surface area contributed by atoms with Gasteiger partial charge in [0.05, 0.1) is 19.8 Å². The van der Waals surface area contributed by atoms with Crippen LogP contribution in [0.5, 0.6) is 5.75 Å². The van der Waals surface area contributed by atoms with Crippen molar-refractivity contribution in [1.82, 2.24) is 0 Å². The molecule has 0 aromatic heterocycles. The molecule has 1 rings (SSSR count). The molecule has 0 N–H and O–H groups in total. The zero-order chi connectivity index (χ0) is 12.1. The smallest absolute Gasteiger partial charge is 0.379 e. The average molecular weight is 222 g/mol. The Morgan fingerprint density at radius 3 is 2.44 bits per heavy atom. The SMILES string of the molecule is COC(=O)C(=O)c1ccc(C=O)c(OC)c1. The Morgan fingerprint density at radius 1 is 1.25 bits per heavy atom. The molecule has 0 bridgehead atoms. The first-order chi connectivity index (χ1) is 7.63. The van der Waals surface area contributed by atoms with E-state index in [9.17, 15) is 14.4 Å². The van der Waals surface area contributed by atoms with Gasteiger partial charge in [0.25, 0.3) is 5.78 Å². The molecule has 0 unspecified atom stereocenters. The van der Waals surface area contributed by atoms with Gasteiger partial charge in [0, 0.05) is 5.56 Å². The van der Waals surface area contributed by atoms with Crippen molar-refractivity contribution in [2.45, 2.75) is 0 Å². The molecule has 0 atom stereocenters. The molecule has 0 spiro atoms. The highest BCUT2D eigenvalue weighted by atomic mass is 16.5. The molecule has 5 nitrogen and oxygen atoms in total. The molecule has 5 heteroatoms. The third-order valence-electron chi connectivity index (χ3n) is 1.99. The number of hydrogen-bond donors (Lipinski definition) is 0. The summed E-state index contributed by atoms with van der Waals surface area (Å²) in [5.41, 5.74) is 0.429. The lowest BCUT2D eigenvalue weighted by Crippen LogP contribution is -2.15. The second-order valence-corrected chi connectivity index (χ2v) is 2.90. The van der Waals surface area contributed by atoms with Crippen molar-refractivity contribution in [3.8, 4) is 5.75 Å². The number of ether oxygens (including phenoxy) is 2. The number of rotatable bonds is 4. The molecule has 0 saturated carbocycles. The number of Topliss-reactive ketones (excluding diaryl/α,β-unsaturated/α-hetero) is 1. The lowest BCUT2D eigenvalue weighted by atomic mass is 10.1. The van der Waals surface area contributed by atoms with Crippen LogP contribution in [0.4, 0.5) is 0 Å². The first-order valence-electron chi connectivity index (χ1n) is 4.40. The predicted octanol–water partition coefficient (Wildman–Crippen LogP) is 0.863. The number of methoxy groups -OCH3 is 2. The molecule has 0 fully saturated rings. The van der Waals surface area contributed by atoms with Crippen molar-refractivity contribution in [2.24, 2.45) is 0 Å². The van der Waals surface area contributed by atoms with Gasteiger partial charge in [-0.25, -0.2) is 4.79 Å². The summed E-state index contributed by atoms with van der Waals surface area (Å²) in [4.78, 5) is 33.0. The molecule has 0 aliphatic heterocycles. The maximum atomic E-state index is 11.4. The van der Waals surface area contributed by atoms with E-state index in [-0.39, 0.29) is 11.3 Å². The molecule has 0 aliphatic carbocycles. The van der Waals surface area contributed by atoms with Crippen molar-refractivity contribution in [3.05, 3.63) is 29.3 Å². The third-order valence-corrected chi connectivity index (χ3v) is 1.99. The van der Waals surface area contributed by atoms with E-state index in [4.69, 9.17) is 4.74 Å². The van der Waals surface area contributed by atoms with Gasteiger partial charge in [-0.15, -0.1) is 0 Å². The van der Waals surface area contributed by atoms with Gasteiger partial charge in [0.1, 0.15) is 5.75 Å². The van der Waals surface area contributed by atoms with Crippen molar-refractivity contribution in [1.29, 1.82) is 0 Å². The summed E-state index contributed by atoms with van der Waals surface area (Å²) < 4.78 is 9.20. The van der Waals surface area contributed by atoms with E-state index >= 15 is 0 Å². The molecule has 16 heavy (non-hydrogen) atoms. The summed E-state index contributed by atoms with van der Waals surface area (Å²) in [5, 5.41) is 0. The Morgan fingerprint density at radius 2 is 1.94 bits per heavy atom. The van der Waals surface area contributed by atoms with Crippen LogP contribution in [0.3, 0.4) is 0 Å². The molecule has 1 aromatic rings. The highest BCUT2D eigenvalue weighted by Gasteiger charge is 2.18. The molecule has 0 aliphatic rings. The fraction of sp³-hybridized carbons (Fsp3) is 0.182. The van der Waals surface area contributed by atoms with Crippen molar-refractivity contribution in [2.75, 3.05) is 14.2 Å². The summed E-state index contributed by atoms with van der Waals surface area (Å²) in [6, 6.07) is 4.09. The fourth-order valence-corrected chi connectivity index (χ4v) is 1.16. The van der Waals surface area contributed by atoms with E-state index in [2.05, 4.69) is 4.74 Å². The van der Waals surface area contributed by atoms with E-state index in [0.717, 1.165) is 7.11 Å². The number of carbonyl (C=O) groups is 3. The molecular formula is C11H10O5. The molecule has 0 heterocycles. The van der Waals surface area contributed by atoms with E-state index in [1.54, 1.807) is 0 Å². The number of carbonyl (C=O) groups excluding carboxylic acids is 3. The largest absolute Gasteiger partial charge is 0.496 e. The van der Waals surface area contributed by atoms with Crippen molar-refractivity contribution < 1.29 is 23.9 Å². The topological polar surface area (TPSA) is 69.7 Å². The third kappa shape index (κ3) is 2.25. The van der Waals surface area contributed by atoms with Gasteiger partial charge in [-0.3, -0.25) is 9.59 Å². The van der Waals surface area contributed by atoms with Crippen LogP contribution in [-0.4, -0.2) is 32.3 Å². The second kappa shape index (κ2) is 5.06. The number of aldehydes is 1. The Bertz CT molecular complexity index is 436. The quantitative estimate of drug-likeness (QED) is 0.327. The van der Waals surface area contributed by atoms with Crippen LogP contribution >= 0.6 is 0 Å². The lowest BCUT2D eigenvalue weighted by molar-refractivity contribution is -0.135. The van der Waals surface area contributed by atoms with E-state index in [0.29, 0.717) is 11.8 Å². The molecule has 84 valence electrons. The van der Waals surface area contributed by atoms with Crippen LogP contribution in [-0.2, 0) is 9.53 Å². The van der Waals surface area contributed by atoms with Crippen molar-refractivity contribution in [3.63, 3.8) is 0 Å². The van der Waals surface area contributed by atoms with Crippen molar-refractivity contribution >= 4 is 18.0 Å². The highest BCUT2D eigenvalue weighted by Crippen LogP contribution is 2.18. The van der Waals surface area contributed by atoms with Crippen LogP contribution < -0.4 is 4.74 Å². The highest BCUT2D eigenvalue weighted by molar-refractivity contribution is 6.40. The number of hydrogen-bond acceptors (Lipinski definition) is 5. The Balaban J connectivity index is 3.13. The van der Waals surface area contributed by atoms with Gasteiger partial charge >= 0.3 is 5.97 Å². The van der Waals surface area contributed by atoms with Crippen LogP contribution in [0.15, 0.2) is 18.2 Å². The van der Waals surface area contributed by atoms with Gasteiger partial charge in [-0.05, 0) is 18.2 Å². The van der Waals surface area contributed by atoms with E-state index < -0.39 is 11.8 Å². The molecular weight excluding hydrogens is 212 g/mol. The van der Waals surface area contributed by atoms with Crippen LogP contribution in [0, 0.1) is 0 Å². The average Bonchev–Trinajstić information content (AvgIpc) is 2.35. The Kier molecular flexibility index (Phi) is 3.77. The first kappa shape index (κ1) is 11.9. The maximum absolute atomic E-state index is 11.4. The van der Waals surface area contributed by atoms with Crippen LogP contribution in [0.1, 0.15) is 20.7 Å². The minimum Gasteiger partial charge on any atom is -0.496 e. The Hall–Kier alpha value is -2.17. The summed E-state index contributed by atoms with van der Waals surface area (Å²) in [6.45, 7) is 0. The minimum atomic E-state index is -0.957. The molecule has 0 amide bonds. The predicted molar refractivity (Wildman–Crippen MR) is 54.7 cm³/mol. The Labute approximate surface area is 92.0 Å².